The topological polar surface area (TPSA) is 62.1 Å². The van der Waals surface area contributed by atoms with Crippen LogP contribution in [0.3, 0.4) is 0 Å². The van der Waals surface area contributed by atoms with Crippen molar-refractivity contribution in [1.29, 1.82) is 5.26 Å². The largest absolute Gasteiger partial charge is 0.481 e. The molecule has 0 aromatic heterocycles. The monoisotopic (exact) mass is 318 g/mol. The number of aryl methyl sites for hydroxylation is 1. The van der Waals surface area contributed by atoms with Gasteiger partial charge in [0.25, 0.3) is 5.91 Å². The summed E-state index contributed by atoms with van der Waals surface area (Å²) in [6, 6.07) is 10.8. The molecule has 0 saturated heterocycles. The molecule has 1 N–H and O–H groups in total. The van der Waals surface area contributed by atoms with Crippen LogP contribution in [0.2, 0.25) is 5.02 Å². The Morgan fingerprint density at radius 3 is 2.77 bits per heavy atom. The zero-order valence-electron chi connectivity index (χ0n) is 11.7. The highest BCUT2D eigenvalue weighted by molar-refractivity contribution is 6.33. The van der Waals surface area contributed by atoms with Crippen molar-refractivity contribution in [2.24, 2.45) is 0 Å². The van der Waals surface area contributed by atoms with Crippen LogP contribution in [0.4, 0.5) is 10.1 Å². The van der Waals surface area contributed by atoms with Crippen LogP contribution in [0.5, 0.6) is 5.75 Å². The van der Waals surface area contributed by atoms with Gasteiger partial charge in [0.05, 0.1) is 22.3 Å². The minimum atomic E-state index is -0.694. The van der Waals surface area contributed by atoms with E-state index in [1.807, 2.05) is 19.1 Å². The van der Waals surface area contributed by atoms with E-state index in [1.54, 1.807) is 12.1 Å². The molecule has 112 valence electrons. The zero-order valence-corrected chi connectivity index (χ0v) is 12.4. The number of hydrogen-bond acceptors (Lipinski definition) is 3. The molecule has 2 rings (SSSR count). The maximum atomic E-state index is 13.6. The Labute approximate surface area is 132 Å². The van der Waals surface area contributed by atoms with Gasteiger partial charge in [-0.2, -0.15) is 5.26 Å². The second kappa shape index (κ2) is 6.92. The Hall–Kier alpha value is -2.58. The third-order valence-corrected chi connectivity index (χ3v) is 3.13. The molecule has 0 unspecified atom stereocenters. The second-order valence-electron chi connectivity index (χ2n) is 4.58. The van der Waals surface area contributed by atoms with E-state index in [-0.39, 0.29) is 17.9 Å². The van der Waals surface area contributed by atoms with Gasteiger partial charge in [0.1, 0.15) is 0 Å². The van der Waals surface area contributed by atoms with Gasteiger partial charge >= 0.3 is 0 Å². The summed E-state index contributed by atoms with van der Waals surface area (Å²) in [7, 11) is 0. The number of benzene rings is 2. The lowest BCUT2D eigenvalue weighted by atomic mass is 10.2. The van der Waals surface area contributed by atoms with Gasteiger partial charge in [0.15, 0.2) is 18.2 Å². The predicted molar refractivity (Wildman–Crippen MR) is 81.4 cm³/mol. The summed E-state index contributed by atoms with van der Waals surface area (Å²) in [4.78, 5) is 11.8. The van der Waals surface area contributed by atoms with Gasteiger partial charge in [-0.1, -0.05) is 17.7 Å². The predicted octanol–water partition coefficient (Wildman–Crippen LogP) is 3.68. The van der Waals surface area contributed by atoms with E-state index in [1.165, 1.54) is 12.1 Å². The van der Waals surface area contributed by atoms with Gasteiger partial charge in [-0.25, -0.2) is 4.39 Å². The fourth-order valence-corrected chi connectivity index (χ4v) is 2.02. The highest BCUT2D eigenvalue weighted by Gasteiger charge is 2.09. The van der Waals surface area contributed by atoms with Crippen molar-refractivity contribution in [1.82, 2.24) is 0 Å². The second-order valence-corrected chi connectivity index (χ2v) is 4.98. The summed E-state index contributed by atoms with van der Waals surface area (Å²) in [5, 5.41) is 11.6. The van der Waals surface area contributed by atoms with Gasteiger partial charge in [-0.05, 0) is 42.8 Å². The van der Waals surface area contributed by atoms with E-state index in [9.17, 15) is 9.18 Å². The summed E-state index contributed by atoms with van der Waals surface area (Å²) >= 11 is 6.00. The van der Waals surface area contributed by atoms with E-state index in [0.29, 0.717) is 10.7 Å². The molecule has 0 atom stereocenters. The van der Waals surface area contributed by atoms with Gasteiger partial charge in [-0.3, -0.25) is 4.79 Å². The molecular weight excluding hydrogens is 307 g/mol. The molecule has 0 aliphatic heterocycles. The van der Waals surface area contributed by atoms with Crippen LogP contribution in [0.15, 0.2) is 36.4 Å². The number of carbonyl (C=O) groups excluding carboxylic acids is 1. The van der Waals surface area contributed by atoms with Crippen molar-refractivity contribution in [3.8, 4) is 11.8 Å². The highest BCUT2D eigenvalue weighted by atomic mass is 35.5. The molecule has 0 aliphatic rings. The van der Waals surface area contributed by atoms with E-state index in [0.717, 1.165) is 11.6 Å². The maximum absolute atomic E-state index is 13.6. The van der Waals surface area contributed by atoms with Crippen LogP contribution in [-0.2, 0) is 4.79 Å². The Morgan fingerprint density at radius 1 is 1.36 bits per heavy atom. The first-order valence-corrected chi connectivity index (χ1v) is 6.76. The van der Waals surface area contributed by atoms with Crippen molar-refractivity contribution >= 4 is 23.2 Å². The molecule has 4 nitrogen and oxygen atoms in total. The maximum Gasteiger partial charge on any atom is 0.262 e. The minimum Gasteiger partial charge on any atom is -0.481 e. The molecular formula is C16H12ClFN2O2. The average molecular weight is 319 g/mol. The van der Waals surface area contributed by atoms with Crippen LogP contribution < -0.4 is 10.1 Å². The summed E-state index contributed by atoms with van der Waals surface area (Å²) in [6.45, 7) is 1.52. The van der Waals surface area contributed by atoms with Gasteiger partial charge in [-0.15, -0.1) is 0 Å². The molecule has 0 bridgehead atoms. The number of rotatable bonds is 4. The molecule has 0 saturated carbocycles. The van der Waals surface area contributed by atoms with Crippen molar-refractivity contribution in [3.63, 3.8) is 0 Å². The molecule has 2 aromatic carbocycles. The average Bonchev–Trinajstić information content (AvgIpc) is 2.48. The van der Waals surface area contributed by atoms with E-state index in [2.05, 4.69) is 5.32 Å². The van der Waals surface area contributed by atoms with Crippen LogP contribution in [0, 0.1) is 24.1 Å². The molecule has 2 aromatic rings. The molecule has 0 aliphatic carbocycles. The lowest BCUT2D eigenvalue weighted by Gasteiger charge is -2.10. The molecule has 0 heterocycles. The first-order chi connectivity index (χ1) is 10.5. The van der Waals surface area contributed by atoms with Crippen LogP contribution in [0.25, 0.3) is 0 Å². The number of halogens is 2. The molecule has 1 amide bonds. The number of amides is 1. The SMILES string of the molecule is Cc1ccc(NC(=O)COc2ccc(C#N)cc2F)c(Cl)c1. The van der Waals surface area contributed by atoms with Crippen LogP contribution in [0.1, 0.15) is 11.1 Å². The van der Waals surface area contributed by atoms with Gasteiger partial charge in [0, 0.05) is 0 Å². The summed E-state index contributed by atoms with van der Waals surface area (Å²) < 4.78 is 18.7. The smallest absolute Gasteiger partial charge is 0.262 e. The fourth-order valence-electron chi connectivity index (χ4n) is 1.74. The number of carbonyl (C=O) groups is 1. The Balaban J connectivity index is 1.97. The summed E-state index contributed by atoms with van der Waals surface area (Å²) in [6.07, 6.45) is 0. The van der Waals surface area contributed by atoms with Crippen LogP contribution in [-0.4, -0.2) is 12.5 Å². The van der Waals surface area contributed by atoms with E-state index < -0.39 is 11.7 Å². The quantitative estimate of drug-likeness (QED) is 0.935. The summed E-state index contributed by atoms with van der Waals surface area (Å²) in [5.74, 6) is -1.25. The number of hydrogen-bond donors (Lipinski definition) is 1. The zero-order chi connectivity index (χ0) is 16.1. The first-order valence-electron chi connectivity index (χ1n) is 6.38. The number of nitriles is 1. The minimum absolute atomic E-state index is 0.0934. The third kappa shape index (κ3) is 3.96. The normalized spacial score (nSPS) is 9.91. The van der Waals surface area contributed by atoms with Crippen molar-refractivity contribution in [2.75, 3.05) is 11.9 Å². The third-order valence-electron chi connectivity index (χ3n) is 2.82. The van der Waals surface area contributed by atoms with E-state index in [4.69, 9.17) is 21.6 Å². The number of nitrogens with one attached hydrogen (secondary N) is 1. The van der Waals surface area contributed by atoms with Crippen LogP contribution >= 0.6 is 11.6 Å². The molecule has 0 spiro atoms. The summed E-state index contributed by atoms with van der Waals surface area (Å²) in [5.41, 5.74) is 1.61. The van der Waals surface area contributed by atoms with Gasteiger partial charge in [0.2, 0.25) is 0 Å². The lowest BCUT2D eigenvalue weighted by Crippen LogP contribution is -2.20. The standard InChI is InChI=1S/C16H12ClFN2O2/c1-10-2-4-14(12(17)6-10)20-16(21)9-22-15-5-3-11(8-19)7-13(15)18/h2-7H,9H2,1H3,(H,20,21). The molecule has 6 heteroatoms. The number of anilines is 1. The van der Waals surface area contributed by atoms with Crippen molar-refractivity contribution in [3.05, 3.63) is 58.4 Å². The highest BCUT2D eigenvalue weighted by Crippen LogP contribution is 2.23. The van der Waals surface area contributed by atoms with E-state index >= 15 is 0 Å². The van der Waals surface area contributed by atoms with Crippen molar-refractivity contribution in [2.45, 2.75) is 6.92 Å². The number of nitrogens with zero attached hydrogens (tertiary/aromatic N) is 1. The van der Waals surface area contributed by atoms with Crippen molar-refractivity contribution < 1.29 is 13.9 Å². The fraction of sp³-hybridized carbons (Fsp3) is 0.125. The molecule has 22 heavy (non-hydrogen) atoms. The molecule has 0 radical (unpaired) electrons. The molecule has 0 fully saturated rings. The lowest BCUT2D eigenvalue weighted by molar-refractivity contribution is -0.118. The van der Waals surface area contributed by atoms with Gasteiger partial charge < -0.3 is 10.1 Å². The Morgan fingerprint density at radius 2 is 2.14 bits per heavy atom. The number of ether oxygens (including phenoxy) is 1. The Bertz CT molecular complexity index is 756. The Kier molecular flexibility index (Phi) is 4.97. The first kappa shape index (κ1) is 15.8.